The van der Waals surface area contributed by atoms with Crippen LogP contribution in [0.4, 0.5) is 18.9 Å². The van der Waals surface area contributed by atoms with Gasteiger partial charge in [-0.15, -0.1) is 12.6 Å². The van der Waals surface area contributed by atoms with Crippen LogP contribution in [0.1, 0.15) is 24.0 Å². The maximum Gasteiger partial charge on any atom is 0.417 e. The highest BCUT2D eigenvalue weighted by Crippen LogP contribution is 2.38. The predicted octanol–water partition coefficient (Wildman–Crippen LogP) is 2.19. The second-order valence-electron chi connectivity index (χ2n) is 6.42. The first-order valence-electron chi connectivity index (χ1n) is 7.77. The zero-order valence-electron chi connectivity index (χ0n) is 13.5. The monoisotopic (exact) mass is 370 g/mol. The molecule has 1 unspecified atom stereocenters. The summed E-state index contributed by atoms with van der Waals surface area (Å²) in [6.07, 6.45) is -3.54. The van der Waals surface area contributed by atoms with Crippen molar-refractivity contribution in [3.8, 4) is 6.07 Å². The van der Waals surface area contributed by atoms with Crippen LogP contribution in [0, 0.1) is 11.3 Å². The fourth-order valence-corrected chi connectivity index (χ4v) is 3.83. The topological polar surface area (TPSA) is 59.4 Å². The molecule has 0 aromatic heterocycles. The zero-order chi connectivity index (χ0) is 18.4. The average molecular weight is 370 g/mol. The number of nitrogens with zero attached hydrogens (tertiary/aromatic N) is 3. The van der Waals surface area contributed by atoms with Gasteiger partial charge in [-0.1, -0.05) is 0 Å². The minimum Gasteiger partial charge on any atom is -0.306 e. The Morgan fingerprint density at radius 1 is 1.36 bits per heavy atom. The van der Waals surface area contributed by atoms with Gasteiger partial charge in [0.25, 0.3) is 0 Å². The maximum absolute atomic E-state index is 13.2. The number of hydrogen-bond acceptors (Lipinski definition) is 5. The van der Waals surface area contributed by atoms with Gasteiger partial charge in [0.05, 0.1) is 17.2 Å². The molecule has 1 N–H and O–H groups in total. The van der Waals surface area contributed by atoms with E-state index in [1.54, 1.807) is 6.07 Å². The van der Waals surface area contributed by atoms with Gasteiger partial charge in [-0.3, -0.25) is 15.0 Å². The second kappa shape index (κ2) is 6.20. The zero-order valence-corrected chi connectivity index (χ0v) is 14.4. The van der Waals surface area contributed by atoms with Crippen LogP contribution >= 0.6 is 12.6 Å². The van der Waals surface area contributed by atoms with E-state index in [0.29, 0.717) is 25.9 Å². The number of nitriles is 1. The Balaban J connectivity index is 1.97. The summed E-state index contributed by atoms with van der Waals surface area (Å²) in [7, 11) is 1.96. The van der Waals surface area contributed by atoms with E-state index < -0.39 is 28.3 Å². The molecule has 1 aromatic rings. The number of thiol groups is 1. The molecular formula is C16H17F3N4OS. The first kappa shape index (κ1) is 18.0. The van der Waals surface area contributed by atoms with Gasteiger partial charge in [0, 0.05) is 18.8 Å². The van der Waals surface area contributed by atoms with Gasteiger partial charge in [0.2, 0.25) is 5.91 Å². The highest BCUT2D eigenvalue weighted by molar-refractivity contribution is 7.81. The Bertz CT molecular complexity index is 738. The third-order valence-electron chi connectivity index (χ3n) is 4.83. The average Bonchev–Trinajstić information content (AvgIpc) is 2.79. The highest BCUT2D eigenvalue weighted by atomic mass is 32.1. The fourth-order valence-electron chi connectivity index (χ4n) is 3.35. The molecule has 2 saturated heterocycles. The lowest BCUT2D eigenvalue weighted by Crippen LogP contribution is -2.54. The van der Waals surface area contributed by atoms with Crippen molar-refractivity contribution in [2.24, 2.45) is 0 Å². The van der Waals surface area contributed by atoms with E-state index in [-0.39, 0.29) is 11.6 Å². The number of alkyl halides is 3. The van der Waals surface area contributed by atoms with E-state index in [9.17, 15) is 18.0 Å². The standard InChI is InChI=1S/C16H17F3N4OS/c1-22-6-4-15(5-7-22)13(24)23(14(25)21-15)11-3-2-10(9-20)12(8-11)16(17,18)19/h2-3,8,14,21,25H,4-7H2,1H3. The number of likely N-dealkylation sites (tertiary alicyclic amines) is 1. The Morgan fingerprint density at radius 2 is 2.00 bits per heavy atom. The van der Waals surface area contributed by atoms with Crippen molar-refractivity contribution in [1.29, 1.82) is 5.26 Å². The Hall–Kier alpha value is -1.76. The van der Waals surface area contributed by atoms with Crippen molar-refractivity contribution in [3.63, 3.8) is 0 Å². The maximum atomic E-state index is 13.2. The molecule has 0 bridgehead atoms. The van der Waals surface area contributed by atoms with Crippen LogP contribution in [-0.4, -0.2) is 42.0 Å². The molecule has 1 spiro atoms. The van der Waals surface area contributed by atoms with Gasteiger partial charge < -0.3 is 4.90 Å². The molecule has 1 atom stereocenters. The van der Waals surface area contributed by atoms with Crippen LogP contribution in [0.3, 0.4) is 0 Å². The van der Waals surface area contributed by atoms with E-state index in [4.69, 9.17) is 5.26 Å². The fraction of sp³-hybridized carbons (Fsp3) is 0.500. The summed E-state index contributed by atoms with van der Waals surface area (Å²) in [6.45, 7) is 1.43. The number of amides is 1. The van der Waals surface area contributed by atoms with Crippen molar-refractivity contribution in [1.82, 2.24) is 10.2 Å². The number of piperidine rings is 1. The Labute approximate surface area is 148 Å². The molecule has 5 nitrogen and oxygen atoms in total. The van der Waals surface area contributed by atoms with E-state index in [1.807, 2.05) is 7.05 Å². The molecule has 0 radical (unpaired) electrons. The first-order valence-corrected chi connectivity index (χ1v) is 8.29. The Morgan fingerprint density at radius 3 is 2.56 bits per heavy atom. The van der Waals surface area contributed by atoms with E-state index >= 15 is 0 Å². The molecule has 1 amide bonds. The number of anilines is 1. The van der Waals surface area contributed by atoms with E-state index in [2.05, 4.69) is 22.8 Å². The molecule has 1 aromatic carbocycles. The number of benzene rings is 1. The molecule has 2 heterocycles. The van der Waals surface area contributed by atoms with Gasteiger partial charge in [-0.2, -0.15) is 18.4 Å². The third kappa shape index (κ3) is 3.10. The second-order valence-corrected chi connectivity index (χ2v) is 6.91. The van der Waals surface area contributed by atoms with Gasteiger partial charge in [-0.05, 0) is 38.1 Å². The summed E-state index contributed by atoms with van der Waals surface area (Å²) in [4.78, 5) is 16.3. The smallest absolute Gasteiger partial charge is 0.306 e. The number of carbonyl (C=O) groups excluding carboxylic acids is 1. The lowest BCUT2D eigenvalue weighted by atomic mass is 9.87. The molecule has 3 rings (SSSR count). The molecule has 134 valence electrons. The van der Waals surface area contributed by atoms with Crippen LogP contribution in [0.2, 0.25) is 0 Å². The summed E-state index contributed by atoms with van der Waals surface area (Å²) >= 11 is 4.35. The minimum atomic E-state index is -4.67. The largest absolute Gasteiger partial charge is 0.417 e. The van der Waals surface area contributed by atoms with Crippen LogP contribution in [0.15, 0.2) is 18.2 Å². The van der Waals surface area contributed by atoms with Gasteiger partial charge in [0.1, 0.15) is 11.0 Å². The van der Waals surface area contributed by atoms with E-state index in [0.717, 1.165) is 12.1 Å². The number of nitrogens with one attached hydrogen (secondary N) is 1. The summed E-state index contributed by atoms with van der Waals surface area (Å²) < 4.78 is 39.6. The summed E-state index contributed by atoms with van der Waals surface area (Å²) in [6, 6.07) is 4.82. The summed E-state index contributed by atoms with van der Waals surface area (Å²) in [5.74, 6) is -0.279. The van der Waals surface area contributed by atoms with Crippen molar-refractivity contribution in [3.05, 3.63) is 29.3 Å². The van der Waals surface area contributed by atoms with Crippen molar-refractivity contribution < 1.29 is 18.0 Å². The summed E-state index contributed by atoms with van der Waals surface area (Å²) in [5.41, 5.74) is -2.96. The molecule has 25 heavy (non-hydrogen) atoms. The molecule has 0 aliphatic carbocycles. The quantitative estimate of drug-likeness (QED) is 0.744. The predicted molar refractivity (Wildman–Crippen MR) is 89.0 cm³/mol. The van der Waals surface area contributed by atoms with Crippen molar-refractivity contribution in [2.45, 2.75) is 30.1 Å². The van der Waals surface area contributed by atoms with Crippen molar-refractivity contribution in [2.75, 3.05) is 25.0 Å². The lowest BCUT2D eigenvalue weighted by molar-refractivity contribution is -0.137. The number of rotatable bonds is 1. The molecular weight excluding hydrogens is 353 g/mol. The highest BCUT2D eigenvalue weighted by Gasteiger charge is 2.51. The van der Waals surface area contributed by atoms with Gasteiger partial charge in [0.15, 0.2) is 0 Å². The molecule has 2 fully saturated rings. The normalized spacial score (nSPS) is 23.9. The van der Waals surface area contributed by atoms with Crippen LogP contribution in [0.25, 0.3) is 0 Å². The number of halogens is 3. The number of hydrogen-bond donors (Lipinski definition) is 2. The minimum absolute atomic E-state index is 0.0830. The van der Waals surface area contributed by atoms with Crippen LogP contribution < -0.4 is 10.2 Å². The SMILES string of the molecule is CN1CCC2(CC1)NC(S)N(c1ccc(C#N)c(C(F)(F)F)c1)C2=O. The molecule has 0 saturated carbocycles. The summed E-state index contributed by atoms with van der Waals surface area (Å²) in [5, 5.41) is 12.0. The molecule has 9 heteroatoms. The molecule has 2 aliphatic heterocycles. The van der Waals surface area contributed by atoms with Gasteiger partial charge in [-0.25, -0.2) is 0 Å². The first-order chi connectivity index (χ1) is 11.7. The molecule has 2 aliphatic rings. The van der Waals surface area contributed by atoms with Gasteiger partial charge >= 0.3 is 6.18 Å². The lowest BCUT2D eigenvalue weighted by Gasteiger charge is -2.35. The Kier molecular flexibility index (Phi) is 4.47. The van der Waals surface area contributed by atoms with Crippen LogP contribution in [0.5, 0.6) is 0 Å². The van der Waals surface area contributed by atoms with E-state index in [1.165, 1.54) is 11.0 Å². The number of carbonyl (C=O) groups is 1. The third-order valence-corrected chi connectivity index (χ3v) is 5.19. The van der Waals surface area contributed by atoms with Crippen molar-refractivity contribution >= 4 is 24.2 Å². The van der Waals surface area contributed by atoms with Crippen LogP contribution in [-0.2, 0) is 11.0 Å².